The number of hydrogen-bond donors (Lipinski definition) is 0. The summed E-state index contributed by atoms with van der Waals surface area (Å²) < 4.78 is 1.57. The maximum atomic E-state index is 12.2. The van der Waals surface area contributed by atoms with E-state index >= 15 is 0 Å². The molecule has 1 fully saturated rings. The Morgan fingerprint density at radius 3 is 2.67 bits per heavy atom. The van der Waals surface area contributed by atoms with E-state index in [1.54, 1.807) is 31.8 Å². The SMILES string of the molecule is Cn1ncc2c(Cl)nc(CN3C(=O)CC(C)(C)C3=O)nc21. The number of imide groups is 1. The maximum absolute atomic E-state index is 12.2. The summed E-state index contributed by atoms with van der Waals surface area (Å²) in [6.07, 6.45) is 1.78. The van der Waals surface area contributed by atoms with Gasteiger partial charge >= 0.3 is 0 Å². The average Bonchev–Trinajstić information content (AvgIpc) is 2.84. The second kappa shape index (κ2) is 4.49. The lowest BCUT2D eigenvalue weighted by atomic mass is 9.92. The van der Waals surface area contributed by atoms with Crippen LogP contribution in [0.1, 0.15) is 26.1 Å². The van der Waals surface area contributed by atoms with Gasteiger partial charge in [-0.1, -0.05) is 25.4 Å². The Kier molecular flexibility index (Phi) is 2.98. The van der Waals surface area contributed by atoms with Crippen LogP contribution in [0.15, 0.2) is 6.20 Å². The predicted molar refractivity (Wildman–Crippen MR) is 75.3 cm³/mol. The molecule has 110 valence electrons. The number of halogens is 1. The summed E-state index contributed by atoms with van der Waals surface area (Å²) in [5, 5.41) is 4.97. The summed E-state index contributed by atoms with van der Waals surface area (Å²) in [5.41, 5.74) is -0.0966. The minimum absolute atomic E-state index is 0.0297. The van der Waals surface area contributed by atoms with Crippen LogP contribution in [0.5, 0.6) is 0 Å². The van der Waals surface area contributed by atoms with Crippen LogP contribution in [-0.2, 0) is 23.2 Å². The van der Waals surface area contributed by atoms with Crippen LogP contribution < -0.4 is 0 Å². The summed E-state index contributed by atoms with van der Waals surface area (Å²) in [7, 11) is 1.74. The van der Waals surface area contributed by atoms with E-state index in [0.29, 0.717) is 16.9 Å². The molecule has 0 bridgehead atoms. The first-order valence-electron chi connectivity index (χ1n) is 6.48. The molecule has 0 unspecified atom stereocenters. The fourth-order valence-corrected chi connectivity index (χ4v) is 2.66. The van der Waals surface area contributed by atoms with Crippen LogP contribution >= 0.6 is 11.6 Å². The predicted octanol–water partition coefficient (Wildman–Crippen LogP) is 1.30. The number of nitrogens with zero attached hydrogens (tertiary/aromatic N) is 5. The van der Waals surface area contributed by atoms with Crippen LogP contribution in [0.3, 0.4) is 0 Å². The van der Waals surface area contributed by atoms with Crippen LogP contribution in [0.4, 0.5) is 0 Å². The third-order valence-corrected chi connectivity index (χ3v) is 3.90. The van der Waals surface area contributed by atoms with E-state index in [0.717, 1.165) is 0 Å². The third kappa shape index (κ3) is 2.17. The molecular weight excluding hydrogens is 294 g/mol. The fourth-order valence-electron chi connectivity index (χ4n) is 2.43. The van der Waals surface area contributed by atoms with Gasteiger partial charge < -0.3 is 0 Å². The summed E-state index contributed by atoms with van der Waals surface area (Å²) in [6.45, 7) is 3.54. The largest absolute Gasteiger partial charge is 0.274 e. The molecule has 3 rings (SSSR count). The Morgan fingerprint density at radius 1 is 1.33 bits per heavy atom. The molecule has 1 saturated heterocycles. The lowest BCUT2D eigenvalue weighted by molar-refractivity contribution is -0.141. The van der Waals surface area contributed by atoms with E-state index in [1.807, 2.05) is 0 Å². The quantitative estimate of drug-likeness (QED) is 0.617. The van der Waals surface area contributed by atoms with Gasteiger partial charge in [-0.2, -0.15) is 5.10 Å². The smallest absolute Gasteiger partial charge is 0.235 e. The monoisotopic (exact) mass is 307 g/mol. The minimum Gasteiger partial charge on any atom is -0.274 e. The number of rotatable bonds is 2. The Hall–Kier alpha value is -2.02. The molecule has 2 aromatic rings. The van der Waals surface area contributed by atoms with E-state index < -0.39 is 5.41 Å². The Morgan fingerprint density at radius 2 is 2.05 bits per heavy atom. The number of likely N-dealkylation sites (tertiary alicyclic amines) is 1. The van der Waals surface area contributed by atoms with E-state index in [-0.39, 0.29) is 29.9 Å². The van der Waals surface area contributed by atoms with Gasteiger partial charge in [0.25, 0.3) is 0 Å². The molecule has 7 nitrogen and oxygen atoms in total. The molecule has 0 spiro atoms. The maximum Gasteiger partial charge on any atom is 0.235 e. The normalized spacial score (nSPS) is 18.0. The van der Waals surface area contributed by atoms with Crippen molar-refractivity contribution in [3.63, 3.8) is 0 Å². The van der Waals surface area contributed by atoms with Crippen LogP contribution in [-0.4, -0.2) is 36.5 Å². The van der Waals surface area contributed by atoms with E-state index in [4.69, 9.17) is 11.6 Å². The molecule has 8 heteroatoms. The Bertz CT molecular complexity index is 767. The summed E-state index contributed by atoms with van der Waals surface area (Å²) in [6, 6.07) is 0. The number of aryl methyl sites for hydroxylation is 1. The molecule has 21 heavy (non-hydrogen) atoms. The van der Waals surface area contributed by atoms with E-state index in [9.17, 15) is 9.59 Å². The van der Waals surface area contributed by atoms with Crippen molar-refractivity contribution in [2.75, 3.05) is 0 Å². The number of carbonyl (C=O) groups excluding carboxylic acids is 2. The van der Waals surface area contributed by atoms with Crippen molar-refractivity contribution < 1.29 is 9.59 Å². The highest BCUT2D eigenvalue weighted by molar-refractivity contribution is 6.33. The van der Waals surface area contributed by atoms with Crippen molar-refractivity contribution in [3.8, 4) is 0 Å². The molecule has 3 heterocycles. The molecule has 1 aliphatic heterocycles. The first-order chi connectivity index (χ1) is 9.79. The highest BCUT2D eigenvalue weighted by Crippen LogP contribution is 2.32. The topological polar surface area (TPSA) is 81.0 Å². The zero-order valence-electron chi connectivity index (χ0n) is 11.9. The number of amides is 2. The molecule has 0 N–H and O–H groups in total. The van der Waals surface area contributed by atoms with Crippen LogP contribution in [0, 0.1) is 5.41 Å². The van der Waals surface area contributed by atoms with Gasteiger partial charge in [-0.05, 0) is 0 Å². The molecule has 0 atom stereocenters. The van der Waals surface area contributed by atoms with Crippen molar-refractivity contribution >= 4 is 34.4 Å². The Labute approximate surface area is 125 Å². The molecule has 0 aromatic carbocycles. The minimum atomic E-state index is -0.669. The summed E-state index contributed by atoms with van der Waals surface area (Å²) in [5.74, 6) is -0.0948. The van der Waals surface area contributed by atoms with Crippen molar-refractivity contribution in [2.24, 2.45) is 12.5 Å². The van der Waals surface area contributed by atoms with Gasteiger partial charge in [0.05, 0.1) is 23.5 Å². The van der Waals surface area contributed by atoms with Crippen LogP contribution in [0.25, 0.3) is 11.0 Å². The lowest BCUT2D eigenvalue weighted by Crippen LogP contribution is -2.33. The van der Waals surface area contributed by atoms with E-state index in [2.05, 4.69) is 15.1 Å². The standard InChI is InChI=1S/C13H14ClN5O2/c1-13(2)4-9(20)19(12(13)21)6-8-16-10(14)7-5-15-18(3)11(7)17-8/h5H,4,6H2,1-3H3. The van der Waals surface area contributed by atoms with Gasteiger partial charge in [-0.3, -0.25) is 19.2 Å². The van der Waals surface area contributed by atoms with Gasteiger partial charge in [0.2, 0.25) is 11.8 Å². The third-order valence-electron chi connectivity index (χ3n) is 3.61. The van der Waals surface area contributed by atoms with Crippen LogP contribution in [0.2, 0.25) is 5.15 Å². The van der Waals surface area contributed by atoms with Gasteiger partial charge in [-0.15, -0.1) is 0 Å². The van der Waals surface area contributed by atoms with Gasteiger partial charge in [0, 0.05) is 13.5 Å². The second-order valence-electron chi connectivity index (χ2n) is 5.78. The fraction of sp³-hybridized carbons (Fsp3) is 0.462. The zero-order valence-corrected chi connectivity index (χ0v) is 12.7. The summed E-state index contributed by atoms with van der Waals surface area (Å²) in [4.78, 5) is 33.8. The van der Waals surface area contributed by atoms with Crippen molar-refractivity contribution in [3.05, 3.63) is 17.2 Å². The number of aromatic nitrogens is 4. The van der Waals surface area contributed by atoms with Crippen molar-refractivity contribution in [1.29, 1.82) is 0 Å². The van der Waals surface area contributed by atoms with Crippen molar-refractivity contribution in [2.45, 2.75) is 26.8 Å². The molecule has 0 aliphatic carbocycles. The molecule has 0 saturated carbocycles. The van der Waals surface area contributed by atoms with Gasteiger partial charge in [0.1, 0.15) is 5.15 Å². The highest BCUT2D eigenvalue weighted by Gasteiger charge is 2.44. The second-order valence-corrected chi connectivity index (χ2v) is 6.14. The Balaban J connectivity index is 1.97. The number of fused-ring (bicyclic) bond motifs is 1. The molecule has 0 radical (unpaired) electrons. The average molecular weight is 308 g/mol. The van der Waals surface area contributed by atoms with E-state index in [1.165, 1.54) is 4.90 Å². The lowest BCUT2D eigenvalue weighted by Gasteiger charge is -2.17. The first kappa shape index (κ1) is 13.9. The highest BCUT2D eigenvalue weighted by atomic mass is 35.5. The van der Waals surface area contributed by atoms with Gasteiger partial charge in [-0.25, -0.2) is 9.97 Å². The number of hydrogen-bond acceptors (Lipinski definition) is 5. The van der Waals surface area contributed by atoms with Crippen molar-refractivity contribution in [1.82, 2.24) is 24.6 Å². The number of carbonyl (C=O) groups is 2. The molecule has 2 aromatic heterocycles. The first-order valence-corrected chi connectivity index (χ1v) is 6.86. The molecule has 1 aliphatic rings. The summed E-state index contributed by atoms with van der Waals surface area (Å²) >= 11 is 6.10. The van der Waals surface area contributed by atoms with Gasteiger partial charge in [0.15, 0.2) is 11.5 Å². The molecule has 2 amide bonds. The molecular formula is C13H14ClN5O2. The zero-order chi connectivity index (χ0) is 15.4.